The van der Waals surface area contributed by atoms with Gasteiger partial charge >= 0.3 is 0 Å². The number of aromatic nitrogens is 4. The Labute approximate surface area is 99.3 Å². The molecule has 0 aromatic carbocycles. The Balaban J connectivity index is 2.53. The van der Waals surface area contributed by atoms with Gasteiger partial charge in [0.2, 0.25) is 0 Å². The highest BCUT2D eigenvalue weighted by Crippen LogP contribution is 2.21. The molecule has 0 bridgehead atoms. The van der Waals surface area contributed by atoms with E-state index < -0.39 is 0 Å². The van der Waals surface area contributed by atoms with Crippen LogP contribution in [0.2, 0.25) is 5.15 Å². The molecule has 2 heterocycles. The van der Waals surface area contributed by atoms with Gasteiger partial charge in [0.15, 0.2) is 0 Å². The van der Waals surface area contributed by atoms with E-state index in [9.17, 15) is 0 Å². The van der Waals surface area contributed by atoms with Crippen LogP contribution in [0.25, 0.3) is 5.82 Å². The van der Waals surface area contributed by atoms with Gasteiger partial charge in [-0.15, -0.1) is 0 Å². The van der Waals surface area contributed by atoms with E-state index in [4.69, 9.17) is 11.6 Å². The van der Waals surface area contributed by atoms with Crippen LogP contribution >= 0.6 is 11.6 Å². The van der Waals surface area contributed by atoms with Crippen molar-refractivity contribution < 1.29 is 0 Å². The van der Waals surface area contributed by atoms with E-state index in [0.29, 0.717) is 5.15 Å². The average Bonchev–Trinajstić information content (AvgIpc) is 2.68. The summed E-state index contributed by atoms with van der Waals surface area (Å²) in [6.07, 6.45) is 5.21. The van der Waals surface area contributed by atoms with E-state index >= 15 is 0 Å². The van der Waals surface area contributed by atoms with E-state index in [0.717, 1.165) is 11.6 Å². The van der Waals surface area contributed by atoms with Crippen molar-refractivity contribution in [3.8, 4) is 5.82 Å². The zero-order valence-electron chi connectivity index (χ0n) is 9.48. The molecule has 0 unspecified atom stereocenters. The number of hydrogen-bond acceptors (Lipinski definition) is 3. The van der Waals surface area contributed by atoms with Crippen LogP contribution in [-0.4, -0.2) is 19.5 Å². The Hall–Kier alpha value is -1.42. The highest BCUT2D eigenvalue weighted by Gasteiger charge is 2.19. The van der Waals surface area contributed by atoms with Gasteiger partial charge in [-0.2, -0.15) is 0 Å². The number of imidazole rings is 1. The Kier molecular flexibility index (Phi) is 2.68. The summed E-state index contributed by atoms with van der Waals surface area (Å²) in [5.74, 6) is 1.46. The minimum absolute atomic E-state index is 0.125. The molecule has 0 saturated carbocycles. The van der Waals surface area contributed by atoms with Crippen molar-refractivity contribution in [2.24, 2.45) is 0 Å². The maximum atomic E-state index is 5.99. The summed E-state index contributed by atoms with van der Waals surface area (Å²) in [5, 5.41) is 0.448. The first-order valence-corrected chi connectivity index (χ1v) is 5.38. The molecular formula is C11H13ClN4. The molecule has 0 fully saturated rings. The van der Waals surface area contributed by atoms with Crippen molar-refractivity contribution in [2.45, 2.75) is 26.2 Å². The minimum atomic E-state index is -0.125. The second-order valence-electron chi connectivity index (χ2n) is 4.59. The quantitative estimate of drug-likeness (QED) is 0.715. The standard InChI is InChI=1S/C11H13ClN4/c1-11(2,3)10-14-8(12)6-9(15-10)16-5-4-13-7-16/h4-7H,1-3H3. The van der Waals surface area contributed by atoms with Gasteiger partial charge in [0.25, 0.3) is 0 Å². The van der Waals surface area contributed by atoms with Gasteiger partial charge in [-0.1, -0.05) is 32.4 Å². The maximum Gasteiger partial charge on any atom is 0.143 e. The van der Waals surface area contributed by atoms with E-state index in [2.05, 4.69) is 35.7 Å². The topological polar surface area (TPSA) is 43.6 Å². The van der Waals surface area contributed by atoms with Crippen molar-refractivity contribution >= 4 is 11.6 Å². The molecule has 84 valence electrons. The van der Waals surface area contributed by atoms with Crippen molar-refractivity contribution in [1.29, 1.82) is 0 Å². The predicted molar refractivity (Wildman–Crippen MR) is 62.9 cm³/mol. The van der Waals surface area contributed by atoms with Crippen LogP contribution in [0, 0.1) is 0 Å². The van der Waals surface area contributed by atoms with Crippen molar-refractivity contribution in [3.63, 3.8) is 0 Å². The average molecular weight is 237 g/mol. The first kappa shape index (κ1) is 11.1. The Morgan fingerprint density at radius 1 is 1.25 bits per heavy atom. The molecule has 2 aromatic rings. The predicted octanol–water partition coefficient (Wildman–Crippen LogP) is 2.61. The molecule has 0 radical (unpaired) electrons. The maximum absolute atomic E-state index is 5.99. The molecule has 2 rings (SSSR count). The van der Waals surface area contributed by atoms with Crippen molar-refractivity contribution in [1.82, 2.24) is 19.5 Å². The summed E-state index contributed by atoms with van der Waals surface area (Å²) in [5.41, 5.74) is -0.125. The van der Waals surface area contributed by atoms with Crippen LogP contribution < -0.4 is 0 Å². The van der Waals surface area contributed by atoms with Gasteiger partial charge < -0.3 is 0 Å². The Morgan fingerprint density at radius 2 is 2.00 bits per heavy atom. The smallest absolute Gasteiger partial charge is 0.143 e. The van der Waals surface area contributed by atoms with Crippen molar-refractivity contribution in [3.05, 3.63) is 35.8 Å². The third-order valence-electron chi connectivity index (χ3n) is 2.12. The summed E-state index contributed by atoms with van der Waals surface area (Å²) < 4.78 is 1.81. The summed E-state index contributed by atoms with van der Waals surface area (Å²) in [6, 6.07) is 1.72. The first-order chi connectivity index (χ1) is 7.47. The molecule has 0 N–H and O–H groups in total. The number of nitrogens with zero attached hydrogens (tertiary/aromatic N) is 4. The van der Waals surface area contributed by atoms with Crippen LogP contribution in [0.3, 0.4) is 0 Å². The van der Waals surface area contributed by atoms with E-state index in [1.54, 1.807) is 18.6 Å². The van der Waals surface area contributed by atoms with Gasteiger partial charge in [-0.25, -0.2) is 15.0 Å². The van der Waals surface area contributed by atoms with Crippen molar-refractivity contribution in [2.75, 3.05) is 0 Å². The summed E-state index contributed by atoms with van der Waals surface area (Å²) in [4.78, 5) is 12.7. The molecule has 16 heavy (non-hydrogen) atoms. The zero-order valence-corrected chi connectivity index (χ0v) is 10.2. The lowest BCUT2D eigenvalue weighted by molar-refractivity contribution is 0.543. The molecule has 0 aliphatic heterocycles. The number of hydrogen-bond donors (Lipinski definition) is 0. The summed E-state index contributed by atoms with van der Waals surface area (Å²) in [6.45, 7) is 6.16. The zero-order chi connectivity index (χ0) is 11.8. The molecule has 0 spiro atoms. The SMILES string of the molecule is CC(C)(C)c1nc(Cl)cc(-n2ccnc2)n1. The monoisotopic (exact) mass is 236 g/mol. The Bertz CT molecular complexity index is 485. The molecule has 0 amide bonds. The Morgan fingerprint density at radius 3 is 2.56 bits per heavy atom. The van der Waals surface area contributed by atoms with Gasteiger partial charge in [0, 0.05) is 23.9 Å². The molecular weight excluding hydrogens is 224 g/mol. The van der Waals surface area contributed by atoms with Crippen LogP contribution in [0.4, 0.5) is 0 Å². The fourth-order valence-electron chi connectivity index (χ4n) is 1.27. The van der Waals surface area contributed by atoms with Gasteiger partial charge in [0.05, 0.1) is 0 Å². The number of rotatable bonds is 1. The van der Waals surface area contributed by atoms with Gasteiger partial charge in [-0.3, -0.25) is 4.57 Å². The molecule has 5 heteroatoms. The molecule has 0 saturated heterocycles. The lowest BCUT2D eigenvalue weighted by Gasteiger charge is -2.17. The van der Waals surface area contributed by atoms with Crippen LogP contribution in [0.15, 0.2) is 24.8 Å². The van der Waals surface area contributed by atoms with Crippen LogP contribution in [-0.2, 0) is 5.41 Å². The summed E-state index contributed by atoms with van der Waals surface area (Å²) in [7, 11) is 0. The fourth-order valence-corrected chi connectivity index (χ4v) is 1.45. The normalized spacial score (nSPS) is 11.8. The highest BCUT2D eigenvalue weighted by molar-refractivity contribution is 6.29. The molecule has 2 aromatic heterocycles. The first-order valence-electron chi connectivity index (χ1n) is 5.00. The van der Waals surface area contributed by atoms with E-state index in [1.807, 2.05) is 10.8 Å². The van der Waals surface area contributed by atoms with Crippen LogP contribution in [0.1, 0.15) is 26.6 Å². The van der Waals surface area contributed by atoms with E-state index in [1.165, 1.54) is 0 Å². The molecule has 0 aliphatic rings. The largest absolute Gasteiger partial charge is 0.290 e. The van der Waals surface area contributed by atoms with E-state index in [-0.39, 0.29) is 5.41 Å². The minimum Gasteiger partial charge on any atom is -0.290 e. The molecule has 0 aliphatic carbocycles. The van der Waals surface area contributed by atoms with Crippen LogP contribution in [0.5, 0.6) is 0 Å². The second-order valence-corrected chi connectivity index (χ2v) is 4.98. The molecule has 4 nitrogen and oxygen atoms in total. The summed E-state index contributed by atoms with van der Waals surface area (Å²) >= 11 is 5.99. The highest BCUT2D eigenvalue weighted by atomic mass is 35.5. The third kappa shape index (κ3) is 2.22. The number of halogens is 1. The van der Waals surface area contributed by atoms with Gasteiger partial charge in [0.1, 0.15) is 23.1 Å². The fraction of sp³-hybridized carbons (Fsp3) is 0.364. The lowest BCUT2D eigenvalue weighted by atomic mass is 9.96. The van der Waals surface area contributed by atoms with Gasteiger partial charge in [-0.05, 0) is 0 Å². The molecule has 0 atom stereocenters. The second kappa shape index (κ2) is 3.87. The third-order valence-corrected chi connectivity index (χ3v) is 2.31. The lowest BCUT2D eigenvalue weighted by Crippen LogP contribution is -2.17.